The van der Waals surface area contributed by atoms with Gasteiger partial charge in [0.15, 0.2) is 0 Å². The van der Waals surface area contributed by atoms with E-state index in [2.05, 4.69) is 32.0 Å². The molecular formula is C15H20O2. The van der Waals surface area contributed by atoms with Crippen molar-refractivity contribution in [2.24, 2.45) is 5.92 Å². The molecule has 0 amide bonds. The monoisotopic (exact) mass is 232 g/mol. The van der Waals surface area contributed by atoms with E-state index in [0.717, 1.165) is 6.42 Å². The first-order valence-corrected chi connectivity index (χ1v) is 6.17. The zero-order valence-corrected chi connectivity index (χ0v) is 11.0. The Morgan fingerprint density at radius 3 is 2.35 bits per heavy atom. The van der Waals surface area contributed by atoms with Gasteiger partial charge in [-0.05, 0) is 50.8 Å². The van der Waals surface area contributed by atoms with Crippen molar-refractivity contribution in [1.29, 1.82) is 0 Å². The Kier molecular flexibility index (Phi) is 2.98. The molecule has 2 nitrogen and oxygen atoms in total. The normalized spacial score (nSPS) is 22.6. The Balaban J connectivity index is 2.24. The van der Waals surface area contributed by atoms with Crippen molar-refractivity contribution in [3.8, 4) is 0 Å². The highest BCUT2D eigenvalue weighted by atomic mass is 16.6. The summed E-state index contributed by atoms with van der Waals surface area (Å²) in [7, 11) is 0. The standard InChI is InChI=1S/C15H20O2/c1-10-6-5-7-11(2)13(10)8-12-9-14(16)17-15(12,3)4/h5-7,12H,8-9H2,1-4H3. The van der Waals surface area contributed by atoms with Crippen LogP contribution in [0, 0.1) is 19.8 Å². The minimum absolute atomic E-state index is 0.0637. The largest absolute Gasteiger partial charge is 0.459 e. The highest BCUT2D eigenvalue weighted by Crippen LogP contribution is 2.35. The van der Waals surface area contributed by atoms with Crippen LogP contribution in [-0.4, -0.2) is 11.6 Å². The van der Waals surface area contributed by atoms with Gasteiger partial charge in [-0.2, -0.15) is 0 Å². The minimum Gasteiger partial charge on any atom is -0.459 e. The fraction of sp³-hybridized carbons (Fsp3) is 0.533. The van der Waals surface area contributed by atoms with Gasteiger partial charge in [-0.25, -0.2) is 0 Å². The summed E-state index contributed by atoms with van der Waals surface area (Å²) < 4.78 is 5.37. The maximum Gasteiger partial charge on any atom is 0.306 e. The number of carbonyl (C=O) groups excluding carboxylic acids is 1. The number of cyclic esters (lactones) is 1. The second kappa shape index (κ2) is 4.17. The molecule has 1 aromatic carbocycles. The van der Waals surface area contributed by atoms with Gasteiger partial charge in [0.25, 0.3) is 0 Å². The zero-order valence-electron chi connectivity index (χ0n) is 11.0. The van der Waals surface area contributed by atoms with E-state index < -0.39 is 0 Å². The van der Waals surface area contributed by atoms with Crippen LogP contribution in [-0.2, 0) is 16.0 Å². The summed E-state index contributed by atoms with van der Waals surface area (Å²) in [6.07, 6.45) is 1.47. The molecule has 1 aromatic rings. The number of hydrogen-bond donors (Lipinski definition) is 0. The molecule has 92 valence electrons. The number of esters is 1. The van der Waals surface area contributed by atoms with E-state index in [0.29, 0.717) is 6.42 Å². The smallest absolute Gasteiger partial charge is 0.306 e. The van der Waals surface area contributed by atoms with Crippen molar-refractivity contribution in [2.45, 2.75) is 46.1 Å². The number of aryl methyl sites for hydroxylation is 2. The first-order chi connectivity index (χ1) is 7.90. The Morgan fingerprint density at radius 1 is 1.29 bits per heavy atom. The molecule has 1 fully saturated rings. The molecule has 2 heteroatoms. The van der Waals surface area contributed by atoms with Gasteiger partial charge in [0, 0.05) is 5.92 Å². The molecule has 0 bridgehead atoms. The van der Waals surface area contributed by atoms with E-state index in [4.69, 9.17) is 4.74 Å². The lowest BCUT2D eigenvalue weighted by atomic mass is 9.83. The van der Waals surface area contributed by atoms with Crippen LogP contribution in [0.3, 0.4) is 0 Å². The van der Waals surface area contributed by atoms with E-state index in [-0.39, 0.29) is 17.5 Å². The van der Waals surface area contributed by atoms with Crippen molar-refractivity contribution in [3.63, 3.8) is 0 Å². The molecule has 17 heavy (non-hydrogen) atoms. The van der Waals surface area contributed by atoms with Crippen LogP contribution in [0.5, 0.6) is 0 Å². The Hall–Kier alpha value is -1.31. The third-order valence-corrected chi connectivity index (χ3v) is 3.87. The fourth-order valence-electron chi connectivity index (χ4n) is 2.60. The summed E-state index contributed by atoms with van der Waals surface area (Å²) >= 11 is 0. The Bertz CT molecular complexity index is 426. The Morgan fingerprint density at radius 2 is 1.88 bits per heavy atom. The lowest BCUT2D eigenvalue weighted by Gasteiger charge is -2.25. The van der Waals surface area contributed by atoms with E-state index in [1.807, 2.05) is 13.8 Å². The van der Waals surface area contributed by atoms with Gasteiger partial charge in [-0.3, -0.25) is 4.79 Å². The highest BCUT2D eigenvalue weighted by Gasteiger charge is 2.41. The van der Waals surface area contributed by atoms with Crippen LogP contribution >= 0.6 is 0 Å². The molecule has 2 rings (SSSR count). The molecule has 1 unspecified atom stereocenters. The summed E-state index contributed by atoms with van der Waals surface area (Å²) in [6.45, 7) is 8.28. The van der Waals surface area contributed by atoms with E-state index >= 15 is 0 Å². The van der Waals surface area contributed by atoms with Crippen LogP contribution in [0.2, 0.25) is 0 Å². The molecule has 1 aliphatic rings. The lowest BCUT2D eigenvalue weighted by molar-refractivity contribution is -0.146. The summed E-state index contributed by atoms with van der Waals surface area (Å²) in [5.74, 6) is 0.223. The SMILES string of the molecule is Cc1cccc(C)c1CC1CC(=O)OC1(C)C. The van der Waals surface area contributed by atoms with Crippen molar-refractivity contribution >= 4 is 5.97 Å². The fourth-order valence-corrected chi connectivity index (χ4v) is 2.60. The second-order valence-corrected chi connectivity index (χ2v) is 5.55. The van der Waals surface area contributed by atoms with E-state index in [9.17, 15) is 4.79 Å². The lowest BCUT2D eigenvalue weighted by Crippen LogP contribution is -2.29. The molecule has 1 saturated heterocycles. The quantitative estimate of drug-likeness (QED) is 0.732. The van der Waals surface area contributed by atoms with Crippen molar-refractivity contribution in [3.05, 3.63) is 34.9 Å². The van der Waals surface area contributed by atoms with Crippen LogP contribution in [0.4, 0.5) is 0 Å². The molecule has 0 spiro atoms. The second-order valence-electron chi connectivity index (χ2n) is 5.55. The number of carbonyl (C=O) groups is 1. The molecule has 1 atom stereocenters. The molecule has 0 aliphatic carbocycles. The van der Waals surface area contributed by atoms with Gasteiger partial charge in [-0.15, -0.1) is 0 Å². The van der Waals surface area contributed by atoms with Gasteiger partial charge in [0.2, 0.25) is 0 Å². The first-order valence-electron chi connectivity index (χ1n) is 6.17. The summed E-state index contributed by atoms with van der Waals surface area (Å²) in [4.78, 5) is 11.4. The average molecular weight is 232 g/mol. The number of ether oxygens (including phenoxy) is 1. The van der Waals surface area contributed by atoms with Gasteiger partial charge in [-0.1, -0.05) is 18.2 Å². The van der Waals surface area contributed by atoms with Crippen LogP contribution in [0.25, 0.3) is 0 Å². The van der Waals surface area contributed by atoms with Crippen LogP contribution in [0.15, 0.2) is 18.2 Å². The molecule has 0 saturated carbocycles. The predicted molar refractivity (Wildman–Crippen MR) is 67.9 cm³/mol. The summed E-state index contributed by atoms with van der Waals surface area (Å²) in [5.41, 5.74) is 3.65. The highest BCUT2D eigenvalue weighted by molar-refractivity contribution is 5.72. The summed E-state index contributed by atoms with van der Waals surface area (Å²) in [5, 5.41) is 0. The van der Waals surface area contributed by atoms with Crippen LogP contribution in [0.1, 0.15) is 37.0 Å². The molecule has 1 aliphatic heterocycles. The van der Waals surface area contributed by atoms with Gasteiger partial charge in [0.1, 0.15) is 5.60 Å². The molecular weight excluding hydrogens is 212 g/mol. The van der Waals surface area contributed by atoms with Gasteiger partial charge in [0.05, 0.1) is 6.42 Å². The van der Waals surface area contributed by atoms with Gasteiger partial charge < -0.3 is 4.74 Å². The topological polar surface area (TPSA) is 26.3 Å². The number of rotatable bonds is 2. The predicted octanol–water partition coefficient (Wildman–Crippen LogP) is 3.19. The number of hydrogen-bond acceptors (Lipinski definition) is 2. The first kappa shape index (κ1) is 12.2. The average Bonchev–Trinajstić information content (AvgIpc) is 2.45. The maximum atomic E-state index is 11.4. The third kappa shape index (κ3) is 2.36. The van der Waals surface area contributed by atoms with E-state index in [1.54, 1.807) is 0 Å². The molecule has 0 aromatic heterocycles. The van der Waals surface area contributed by atoms with E-state index in [1.165, 1.54) is 16.7 Å². The Labute approximate surface area is 103 Å². The van der Waals surface area contributed by atoms with Crippen LogP contribution < -0.4 is 0 Å². The van der Waals surface area contributed by atoms with Crippen molar-refractivity contribution < 1.29 is 9.53 Å². The zero-order chi connectivity index (χ0) is 12.6. The van der Waals surface area contributed by atoms with Gasteiger partial charge >= 0.3 is 5.97 Å². The maximum absolute atomic E-state index is 11.4. The number of benzene rings is 1. The summed E-state index contributed by atoms with van der Waals surface area (Å²) in [6, 6.07) is 6.34. The third-order valence-electron chi connectivity index (χ3n) is 3.87. The molecule has 0 radical (unpaired) electrons. The minimum atomic E-state index is -0.328. The van der Waals surface area contributed by atoms with Crippen molar-refractivity contribution in [2.75, 3.05) is 0 Å². The van der Waals surface area contributed by atoms with Crippen molar-refractivity contribution in [1.82, 2.24) is 0 Å². The molecule has 1 heterocycles. The molecule has 0 N–H and O–H groups in total.